The Labute approximate surface area is 91.1 Å². The lowest BCUT2D eigenvalue weighted by Gasteiger charge is -2.36. The predicted octanol–water partition coefficient (Wildman–Crippen LogP) is 1.79. The number of carbonyl (C=O) groups excluding carboxylic acids is 1. The smallest absolute Gasteiger partial charge is 0.243 e. The Morgan fingerprint density at radius 2 is 1.87 bits per heavy atom. The Kier molecular flexibility index (Phi) is 2.46. The number of amides is 1. The molecule has 2 atom stereocenters. The van der Waals surface area contributed by atoms with Crippen molar-refractivity contribution >= 4 is 5.91 Å². The van der Waals surface area contributed by atoms with Crippen LogP contribution in [0.3, 0.4) is 0 Å². The highest BCUT2D eigenvalue weighted by Crippen LogP contribution is 2.43. The number of carbonyl (C=O) groups is 1. The molecule has 1 saturated carbocycles. The molecule has 0 aromatic carbocycles. The van der Waals surface area contributed by atoms with Gasteiger partial charge in [0.05, 0.1) is 6.07 Å². The molecule has 3 nitrogen and oxygen atoms in total. The lowest BCUT2D eigenvalue weighted by Crippen LogP contribution is -2.46. The quantitative estimate of drug-likeness (QED) is 0.656. The van der Waals surface area contributed by atoms with E-state index < -0.39 is 5.41 Å². The van der Waals surface area contributed by atoms with E-state index in [4.69, 9.17) is 5.26 Å². The van der Waals surface area contributed by atoms with E-state index >= 15 is 0 Å². The summed E-state index contributed by atoms with van der Waals surface area (Å²) in [6, 6.07) is 2.23. The fourth-order valence-electron chi connectivity index (χ4n) is 2.50. The van der Waals surface area contributed by atoms with Crippen molar-refractivity contribution < 1.29 is 4.79 Å². The molecular formula is C12H18N2O. The molecule has 1 heterocycles. The summed E-state index contributed by atoms with van der Waals surface area (Å²) in [7, 11) is 0. The second-order valence-electron chi connectivity index (χ2n) is 5.21. The molecule has 1 saturated heterocycles. The summed E-state index contributed by atoms with van der Waals surface area (Å²) in [5, 5.41) is 9.10. The number of rotatable bonds is 1. The van der Waals surface area contributed by atoms with Gasteiger partial charge >= 0.3 is 0 Å². The normalized spacial score (nSPS) is 33.3. The van der Waals surface area contributed by atoms with Crippen molar-refractivity contribution in [3.05, 3.63) is 0 Å². The first-order valence-electron chi connectivity index (χ1n) is 5.80. The van der Waals surface area contributed by atoms with Gasteiger partial charge < -0.3 is 4.90 Å². The number of hydrogen-bond acceptors (Lipinski definition) is 2. The molecule has 0 unspecified atom stereocenters. The molecule has 1 aliphatic heterocycles. The van der Waals surface area contributed by atoms with Crippen LogP contribution in [0.25, 0.3) is 0 Å². The number of hydrogen-bond donors (Lipinski definition) is 0. The predicted molar refractivity (Wildman–Crippen MR) is 56.8 cm³/mol. The third-order valence-corrected chi connectivity index (χ3v) is 4.11. The van der Waals surface area contributed by atoms with Gasteiger partial charge in [-0.25, -0.2) is 0 Å². The maximum Gasteiger partial charge on any atom is 0.243 e. The monoisotopic (exact) mass is 206 g/mol. The van der Waals surface area contributed by atoms with Gasteiger partial charge in [-0.1, -0.05) is 13.8 Å². The largest absolute Gasteiger partial charge is 0.341 e. The minimum absolute atomic E-state index is 0.0902. The first kappa shape index (κ1) is 10.5. The minimum Gasteiger partial charge on any atom is -0.341 e. The van der Waals surface area contributed by atoms with Crippen LogP contribution in [0.5, 0.6) is 0 Å². The van der Waals surface area contributed by atoms with Crippen molar-refractivity contribution in [3.8, 4) is 6.07 Å². The molecule has 0 spiro atoms. The first-order valence-corrected chi connectivity index (χ1v) is 5.80. The zero-order valence-electron chi connectivity index (χ0n) is 9.49. The standard InChI is InChI=1S/C12H18N2O/c1-9-6-14(7-10(9)2)11(15)12(8-13)4-3-5-12/h9-10H,3-7H2,1-2H3/t9-,10+. The van der Waals surface area contributed by atoms with Crippen molar-refractivity contribution in [2.75, 3.05) is 13.1 Å². The van der Waals surface area contributed by atoms with Gasteiger partial charge in [-0.15, -0.1) is 0 Å². The first-order chi connectivity index (χ1) is 7.09. The molecule has 0 radical (unpaired) electrons. The fourth-order valence-corrected chi connectivity index (χ4v) is 2.50. The van der Waals surface area contributed by atoms with E-state index in [2.05, 4.69) is 19.9 Å². The average Bonchev–Trinajstić information content (AvgIpc) is 2.46. The second-order valence-corrected chi connectivity index (χ2v) is 5.21. The minimum atomic E-state index is -0.649. The molecule has 82 valence electrons. The van der Waals surface area contributed by atoms with Crippen LogP contribution in [0.1, 0.15) is 33.1 Å². The Bertz CT molecular complexity index is 304. The van der Waals surface area contributed by atoms with Gasteiger partial charge in [-0.05, 0) is 31.1 Å². The molecule has 0 bridgehead atoms. The summed E-state index contributed by atoms with van der Waals surface area (Å²) in [4.78, 5) is 14.1. The van der Waals surface area contributed by atoms with Gasteiger partial charge in [0, 0.05) is 13.1 Å². The van der Waals surface area contributed by atoms with Crippen molar-refractivity contribution in [3.63, 3.8) is 0 Å². The van der Waals surface area contributed by atoms with E-state index in [0.717, 1.165) is 32.4 Å². The highest BCUT2D eigenvalue weighted by Gasteiger charge is 2.48. The third kappa shape index (κ3) is 1.52. The van der Waals surface area contributed by atoms with Crippen LogP contribution < -0.4 is 0 Å². The number of likely N-dealkylation sites (tertiary alicyclic amines) is 1. The van der Waals surface area contributed by atoms with Crippen LogP contribution in [-0.2, 0) is 4.79 Å². The maximum absolute atomic E-state index is 12.2. The third-order valence-electron chi connectivity index (χ3n) is 4.11. The van der Waals surface area contributed by atoms with Crippen molar-refractivity contribution in [1.29, 1.82) is 5.26 Å². The summed E-state index contributed by atoms with van der Waals surface area (Å²) in [5.74, 6) is 1.24. The topological polar surface area (TPSA) is 44.1 Å². The molecule has 2 fully saturated rings. The highest BCUT2D eigenvalue weighted by molar-refractivity contribution is 5.86. The van der Waals surface area contributed by atoms with Crippen LogP contribution in [0.15, 0.2) is 0 Å². The Morgan fingerprint density at radius 1 is 1.33 bits per heavy atom. The van der Waals surface area contributed by atoms with E-state index in [1.807, 2.05) is 4.90 Å². The van der Waals surface area contributed by atoms with Crippen LogP contribution >= 0.6 is 0 Å². The van der Waals surface area contributed by atoms with Crippen molar-refractivity contribution in [2.45, 2.75) is 33.1 Å². The zero-order valence-corrected chi connectivity index (χ0v) is 9.49. The summed E-state index contributed by atoms with van der Waals surface area (Å²) >= 11 is 0. The summed E-state index contributed by atoms with van der Waals surface area (Å²) in [6.45, 7) is 6.03. The highest BCUT2D eigenvalue weighted by atomic mass is 16.2. The molecule has 15 heavy (non-hydrogen) atoms. The van der Waals surface area contributed by atoms with E-state index in [1.165, 1.54) is 0 Å². The molecule has 1 amide bonds. The second kappa shape index (κ2) is 3.52. The van der Waals surface area contributed by atoms with Gasteiger partial charge in [0.2, 0.25) is 5.91 Å². The van der Waals surface area contributed by atoms with Crippen LogP contribution in [-0.4, -0.2) is 23.9 Å². The van der Waals surface area contributed by atoms with Crippen LogP contribution in [0.2, 0.25) is 0 Å². The van der Waals surface area contributed by atoms with Crippen molar-refractivity contribution in [2.24, 2.45) is 17.3 Å². The van der Waals surface area contributed by atoms with E-state index in [-0.39, 0.29) is 5.91 Å². The van der Waals surface area contributed by atoms with Crippen LogP contribution in [0.4, 0.5) is 0 Å². The van der Waals surface area contributed by atoms with Gasteiger partial charge in [-0.2, -0.15) is 5.26 Å². The maximum atomic E-state index is 12.2. The van der Waals surface area contributed by atoms with Crippen molar-refractivity contribution in [1.82, 2.24) is 4.90 Å². The Morgan fingerprint density at radius 3 is 2.20 bits per heavy atom. The average molecular weight is 206 g/mol. The lowest BCUT2D eigenvalue weighted by atomic mass is 9.69. The molecule has 0 aromatic heterocycles. The summed E-state index contributed by atoms with van der Waals surface area (Å²) in [5.41, 5.74) is -0.649. The van der Waals surface area contributed by atoms with E-state index in [9.17, 15) is 4.79 Å². The van der Waals surface area contributed by atoms with Gasteiger partial charge in [0.1, 0.15) is 5.41 Å². The summed E-state index contributed by atoms with van der Waals surface area (Å²) < 4.78 is 0. The molecule has 1 aliphatic carbocycles. The van der Waals surface area contributed by atoms with Crippen LogP contribution in [0, 0.1) is 28.6 Å². The molecule has 0 aromatic rings. The number of nitrogens with zero attached hydrogens (tertiary/aromatic N) is 2. The molecule has 3 heteroatoms. The molecular weight excluding hydrogens is 188 g/mol. The molecule has 2 aliphatic rings. The molecule has 2 rings (SSSR count). The van der Waals surface area contributed by atoms with Gasteiger partial charge in [0.25, 0.3) is 0 Å². The van der Waals surface area contributed by atoms with Gasteiger partial charge in [0.15, 0.2) is 0 Å². The summed E-state index contributed by atoms with van der Waals surface area (Å²) in [6.07, 6.45) is 2.56. The van der Waals surface area contributed by atoms with E-state index in [0.29, 0.717) is 11.8 Å². The van der Waals surface area contributed by atoms with E-state index in [1.54, 1.807) is 0 Å². The fraction of sp³-hybridized carbons (Fsp3) is 0.833. The van der Waals surface area contributed by atoms with Gasteiger partial charge in [-0.3, -0.25) is 4.79 Å². The Balaban J connectivity index is 2.06. The zero-order chi connectivity index (χ0) is 11.1. The molecule has 0 N–H and O–H groups in total. The Hall–Kier alpha value is -1.04. The lowest BCUT2D eigenvalue weighted by molar-refractivity contribution is -0.142. The SMILES string of the molecule is C[C@@H]1CN(C(=O)C2(C#N)CCC2)C[C@@H]1C. The number of nitriles is 1.